The Kier molecular flexibility index (Phi) is 3.02. The van der Waals surface area contributed by atoms with Crippen LogP contribution in [0.2, 0.25) is 0 Å². The fourth-order valence-electron chi connectivity index (χ4n) is 1.39. The number of anilines is 1. The molecule has 2 aromatic rings. The average molecular weight is 237 g/mol. The summed E-state index contributed by atoms with van der Waals surface area (Å²) in [5.41, 5.74) is 6.34. The Morgan fingerprint density at radius 1 is 1.62 bits per heavy atom. The quantitative estimate of drug-likeness (QED) is 0.729. The molecule has 16 heavy (non-hydrogen) atoms. The molecule has 6 heteroatoms. The van der Waals surface area contributed by atoms with Gasteiger partial charge in [0.2, 0.25) is 0 Å². The van der Waals surface area contributed by atoms with Crippen molar-refractivity contribution in [1.82, 2.24) is 10.3 Å². The number of nitrogens with one attached hydrogen (secondary N) is 1. The summed E-state index contributed by atoms with van der Waals surface area (Å²) in [6.45, 7) is 0.142. The molecule has 0 saturated carbocycles. The average Bonchev–Trinajstić information content (AvgIpc) is 2.64. The molecule has 0 spiro atoms. The largest absolute Gasteiger partial charge is 0.397 e. The number of carbonyl (C=O) groups excluding carboxylic acids is 1. The van der Waals surface area contributed by atoms with Crippen LogP contribution < -0.4 is 11.1 Å². The molecule has 0 unspecified atom stereocenters. The molecule has 2 heterocycles. The second kappa shape index (κ2) is 4.46. The number of pyridine rings is 1. The van der Waals surface area contributed by atoms with Crippen LogP contribution in [0, 0.1) is 0 Å². The number of fused-ring (bicyclic) bond motifs is 1. The predicted molar refractivity (Wildman–Crippen MR) is 63.5 cm³/mol. The van der Waals surface area contributed by atoms with E-state index in [0.29, 0.717) is 10.6 Å². The maximum atomic E-state index is 11.7. The number of carbonyl (C=O) groups is 1. The highest BCUT2D eigenvalue weighted by atomic mass is 32.1. The summed E-state index contributed by atoms with van der Waals surface area (Å²) < 4.78 is 0.883. The van der Waals surface area contributed by atoms with Crippen molar-refractivity contribution in [3.8, 4) is 0 Å². The third-order valence-electron chi connectivity index (χ3n) is 2.13. The standard InChI is InChI=1S/C10H11N3O2S/c11-8-6-1-2-12-5-7(6)16-9(8)10(15)13-3-4-14/h1-2,5,14H,3-4,11H2,(H,13,15). The van der Waals surface area contributed by atoms with Crippen molar-refractivity contribution in [2.45, 2.75) is 0 Å². The number of aromatic nitrogens is 1. The van der Waals surface area contributed by atoms with Gasteiger partial charge >= 0.3 is 0 Å². The number of hydrogen-bond donors (Lipinski definition) is 3. The monoisotopic (exact) mass is 237 g/mol. The summed E-state index contributed by atoms with van der Waals surface area (Å²) >= 11 is 1.30. The first-order chi connectivity index (χ1) is 7.74. The van der Waals surface area contributed by atoms with Gasteiger partial charge in [-0.3, -0.25) is 9.78 Å². The minimum atomic E-state index is -0.257. The molecule has 2 rings (SSSR count). The number of thiophene rings is 1. The van der Waals surface area contributed by atoms with Gasteiger partial charge < -0.3 is 16.2 Å². The third-order valence-corrected chi connectivity index (χ3v) is 3.29. The molecule has 0 atom stereocenters. The summed E-state index contributed by atoms with van der Waals surface area (Å²) in [7, 11) is 0. The summed E-state index contributed by atoms with van der Waals surface area (Å²) in [6, 6.07) is 1.78. The molecule has 5 nitrogen and oxygen atoms in total. The summed E-state index contributed by atoms with van der Waals surface area (Å²) in [6.07, 6.45) is 3.32. The molecule has 2 aromatic heterocycles. The topological polar surface area (TPSA) is 88.2 Å². The molecule has 0 radical (unpaired) electrons. The Morgan fingerprint density at radius 3 is 3.12 bits per heavy atom. The molecule has 84 valence electrons. The Hall–Kier alpha value is -1.66. The lowest BCUT2D eigenvalue weighted by Gasteiger charge is -2.00. The molecular weight excluding hydrogens is 226 g/mol. The van der Waals surface area contributed by atoms with Crippen molar-refractivity contribution < 1.29 is 9.90 Å². The molecule has 0 bridgehead atoms. The third kappa shape index (κ3) is 1.84. The van der Waals surface area contributed by atoms with E-state index in [4.69, 9.17) is 10.8 Å². The van der Waals surface area contributed by atoms with E-state index in [1.165, 1.54) is 11.3 Å². The van der Waals surface area contributed by atoms with Gasteiger partial charge in [-0.2, -0.15) is 0 Å². The summed E-state index contributed by atoms with van der Waals surface area (Å²) in [5, 5.41) is 12.0. The van der Waals surface area contributed by atoms with E-state index in [1.54, 1.807) is 18.5 Å². The SMILES string of the molecule is Nc1c(C(=O)NCCO)sc2cnccc12. The minimum Gasteiger partial charge on any atom is -0.397 e. The Bertz CT molecular complexity index is 524. The van der Waals surface area contributed by atoms with Crippen LogP contribution in [0.5, 0.6) is 0 Å². The summed E-state index contributed by atoms with van der Waals surface area (Å²) in [4.78, 5) is 16.1. The predicted octanol–water partition coefficient (Wildman–Crippen LogP) is 0.601. The molecule has 0 aliphatic heterocycles. The molecule has 0 saturated heterocycles. The minimum absolute atomic E-state index is 0.0852. The number of nitrogens with two attached hydrogens (primary N) is 1. The van der Waals surface area contributed by atoms with Gasteiger partial charge in [-0.15, -0.1) is 11.3 Å². The van der Waals surface area contributed by atoms with Crippen LogP contribution >= 0.6 is 11.3 Å². The lowest BCUT2D eigenvalue weighted by molar-refractivity contribution is 0.0949. The highest BCUT2D eigenvalue weighted by molar-refractivity contribution is 7.21. The van der Waals surface area contributed by atoms with Crippen LogP contribution in [0.1, 0.15) is 9.67 Å². The van der Waals surface area contributed by atoms with Crippen molar-refractivity contribution in [1.29, 1.82) is 0 Å². The van der Waals surface area contributed by atoms with Crippen molar-refractivity contribution in [2.24, 2.45) is 0 Å². The molecule has 0 fully saturated rings. The van der Waals surface area contributed by atoms with Crippen LogP contribution in [-0.2, 0) is 0 Å². The highest BCUT2D eigenvalue weighted by Gasteiger charge is 2.15. The number of amides is 1. The lowest BCUT2D eigenvalue weighted by Crippen LogP contribution is -2.26. The molecule has 0 aliphatic carbocycles. The number of nitrogen functional groups attached to an aromatic ring is 1. The zero-order valence-corrected chi connectivity index (χ0v) is 9.25. The van der Waals surface area contributed by atoms with E-state index in [2.05, 4.69) is 10.3 Å². The van der Waals surface area contributed by atoms with Gasteiger partial charge in [0, 0.05) is 24.3 Å². The molecule has 1 amide bonds. The van der Waals surface area contributed by atoms with Crippen molar-refractivity contribution in [2.75, 3.05) is 18.9 Å². The van der Waals surface area contributed by atoms with Crippen LogP contribution in [0.4, 0.5) is 5.69 Å². The second-order valence-corrected chi connectivity index (χ2v) is 4.25. The zero-order chi connectivity index (χ0) is 11.5. The number of nitrogens with zero attached hydrogens (tertiary/aromatic N) is 1. The molecule has 0 aliphatic rings. The van der Waals surface area contributed by atoms with E-state index in [1.807, 2.05) is 0 Å². The number of aliphatic hydroxyl groups is 1. The first-order valence-electron chi connectivity index (χ1n) is 4.75. The van der Waals surface area contributed by atoms with Gasteiger partial charge in [0.25, 0.3) is 5.91 Å². The number of rotatable bonds is 3. The molecule has 0 aromatic carbocycles. The Labute approximate surface area is 95.9 Å². The smallest absolute Gasteiger partial charge is 0.263 e. The maximum Gasteiger partial charge on any atom is 0.263 e. The van der Waals surface area contributed by atoms with E-state index in [0.717, 1.165) is 10.1 Å². The summed E-state index contributed by atoms with van der Waals surface area (Å²) in [5.74, 6) is -0.257. The van der Waals surface area contributed by atoms with Crippen molar-refractivity contribution >= 4 is 33.0 Å². The fraction of sp³-hybridized carbons (Fsp3) is 0.200. The van der Waals surface area contributed by atoms with E-state index < -0.39 is 0 Å². The maximum absolute atomic E-state index is 11.7. The number of hydrogen-bond acceptors (Lipinski definition) is 5. The van der Waals surface area contributed by atoms with Crippen molar-refractivity contribution in [3.63, 3.8) is 0 Å². The van der Waals surface area contributed by atoms with E-state index in [9.17, 15) is 4.79 Å². The first-order valence-corrected chi connectivity index (χ1v) is 5.56. The first kappa shape index (κ1) is 10.8. The van der Waals surface area contributed by atoms with Gasteiger partial charge in [0.1, 0.15) is 4.88 Å². The fourth-order valence-corrected chi connectivity index (χ4v) is 2.40. The normalized spacial score (nSPS) is 10.6. The van der Waals surface area contributed by atoms with Crippen LogP contribution in [0.3, 0.4) is 0 Å². The number of aliphatic hydroxyl groups excluding tert-OH is 1. The molecule has 4 N–H and O–H groups in total. The van der Waals surface area contributed by atoms with Crippen LogP contribution in [0.25, 0.3) is 10.1 Å². The van der Waals surface area contributed by atoms with E-state index in [-0.39, 0.29) is 19.1 Å². The van der Waals surface area contributed by atoms with Gasteiger partial charge in [0.15, 0.2) is 0 Å². The Balaban J connectivity index is 2.37. The molecular formula is C10H11N3O2S. The van der Waals surface area contributed by atoms with Crippen molar-refractivity contribution in [3.05, 3.63) is 23.3 Å². The van der Waals surface area contributed by atoms with Gasteiger partial charge in [0.05, 0.1) is 17.0 Å². The Morgan fingerprint density at radius 2 is 2.44 bits per heavy atom. The van der Waals surface area contributed by atoms with Crippen LogP contribution in [-0.4, -0.2) is 29.1 Å². The van der Waals surface area contributed by atoms with Gasteiger partial charge in [-0.25, -0.2) is 0 Å². The van der Waals surface area contributed by atoms with E-state index >= 15 is 0 Å². The lowest BCUT2D eigenvalue weighted by atomic mass is 10.2. The van der Waals surface area contributed by atoms with Crippen LogP contribution in [0.15, 0.2) is 18.5 Å². The van der Waals surface area contributed by atoms with Gasteiger partial charge in [-0.05, 0) is 6.07 Å². The highest BCUT2D eigenvalue weighted by Crippen LogP contribution is 2.32. The second-order valence-electron chi connectivity index (χ2n) is 3.20. The van der Waals surface area contributed by atoms with Gasteiger partial charge in [-0.1, -0.05) is 0 Å². The zero-order valence-electron chi connectivity index (χ0n) is 8.43.